The van der Waals surface area contributed by atoms with Gasteiger partial charge in [-0.3, -0.25) is 9.20 Å². The first-order valence-electron chi connectivity index (χ1n) is 11.8. The average molecular weight is 475 g/mol. The molecule has 182 valence electrons. The highest BCUT2D eigenvalue weighted by atomic mass is 16.6. The third-order valence-electron chi connectivity index (χ3n) is 5.79. The molecule has 8 nitrogen and oxygen atoms in total. The predicted octanol–water partition coefficient (Wildman–Crippen LogP) is 4.58. The summed E-state index contributed by atoms with van der Waals surface area (Å²) < 4.78 is 14.4. The van der Waals surface area contributed by atoms with Crippen LogP contribution in [0.4, 0.5) is 0 Å². The number of carbonyl (C=O) groups excluding carboxylic acids is 1. The Kier molecular flexibility index (Phi) is 7.00. The van der Waals surface area contributed by atoms with Crippen LogP contribution >= 0.6 is 0 Å². The molecule has 0 fully saturated rings. The first-order chi connectivity index (χ1) is 16.8. The number of rotatable bonds is 8. The third-order valence-corrected chi connectivity index (χ3v) is 5.79. The molecule has 1 aromatic carbocycles. The Morgan fingerprint density at radius 1 is 1.09 bits per heavy atom. The maximum absolute atomic E-state index is 13.6. The van der Waals surface area contributed by atoms with Crippen LogP contribution in [0.15, 0.2) is 53.5 Å². The quantitative estimate of drug-likeness (QED) is 0.347. The molecule has 0 saturated carbocycles. The molecule has 0 unspecified atom stereocenters. The molecule has 0 N–H and O–H groups in total. The highest BCUT2D eigenvalue weighted by molar-refractivity contribution is 5.75. The van der Waals surface area contributed by atoms with E-state index in [0.29, 0.717) is 34.8 Å². The minimum Gasteiger partial charge on any atom is -0.475 e. The molecule has 0 saturated heterocycles. The van der Waals surface area contributed by atoms with E-state index in [1.807, 2.05) is 55.8 Å². The normalized spacial score (nSPS) is 12.0. The second-order valence-corrected chi connectivity index (χ2v) is 8.51. The number of fused-ring (bicyclic) bond motifs is 1. The van der Waals surface area contributed by atoms with Crippen LogP contribution in [0.2, 0.25) is 0 Å². The van der Waals surface area contributed by atoms with Crippen molar-refractivity contribution in [1.29, 1.82) is 0 Å². The lowest BCUT2D eigenvalue weighted by Crippen LogP contribution is -2.30. The summed E-state index contributed by atoms with van der Waals surface area (Å²) in [5.74, 6) is -0.0729. The Bertz CT molecular complexity index is 1420. The van der Waals surface area contributed by atoms with Crippen LogP contribution in [0.1, 0.15) is 43.6 Å². The van der Waals surface area contributed by atoms with Crippen LogP contribution in [-0.4, -0.2) is 37.8 Å². The summed E-state index contributed by atoms with van der Waals surface area (Å²) in [4.78, 5) is 30.6. The number of carbonyl (C=O) groups is 1. The zero-order valence-corrected chi connectivity index (χ0v) is 20.7. The van der Waals surface area contributed by atoms with E-state index in [9.17, 15) is 9.59 Å². The highest BCUT2D eigenvalue weighted by Gasteiger charge is 2.24. The minimum absolute atomic E-state index is 0.255. The maximum atomic E-state index is 13.6. The summed E-state index contributed by atoms with van der Waals surface area (Å²) in [6.07, 6.45) is 2.12. The number of benzene rings is 1. The molecule has 0 radical (unpaired) electrons. The molecular formula is C27H30N4O4. The van der Waals surface area contributed by atoms with Crippen molar-refractivity contribution in [2.24, 2.45) is 0 Å². The first-order valence-corrected chi connectivity index (χ1v) is 11.8. The lowest BCUT2D eigenvalue weighted by Gasteiger charge is -2.18. The van der Waals surface area contributed by atoms with E-state index in [2.05, 4.69) is 0 Å². The Morgan fingerprint density at radius 2 is 1.83 bits per heavy atom. The zero-order chi connectivity index (χ0) is 25.1. The lowest BCUT2D eigenvalue weighted by atomic mass is 10.1. The number of pyridine rings is 1. The monoisotopic (exact) mass is 474 g/mol. The van der Waals surface area contributed by atoms with Crippen molar-refractivity contribution >= 4 is 11.6 Å². The van der Waals surface area contributed by atoms with Crippen LogP contribution in [0.3, 0.4) is 0 Å². The minimum atomic E-state index is -0.768. The maximum Gasteiger partial charge on any atom is 0.347 e. The molecule has 0 aliphatic heterocycles. The van der Waals surface area contributed by atoms with Crippen molar-refractivity contribution in [3.8, 4) is 22.7 Å². The van der Waals surface area contributed by atoms with Crippen LogP contribution in [0, 0.1) is 20.8 Å². The molecule has 8 heteroatoms. The van der Waals surface area contributed by atoms with E-state index < -0.39 is 12.1 Å². The van der Waals surface area contributed by atoms with Gasteiger partial charge in [0.1, 0.15) is 5.69 Å². The lowest BCUT2D eigenvalue weighted by molar-refractivity contribution is -0.151. The molecule has 0 aliphatic rings. The van der Waals surface area contributed by atoms with E-state index in [-0.39, 0.29) is 12.2 Å². The van der Waals surface area contributed by atoms with Gasteiger partial charge in [0.2, 0.25) is 0 Å². The second-order valence-electron chi connectivity index (χ2n) is 8.51. The first kappa shape index (κ1) is 24.2. The van der Waals surface area contributed by atoms with Crippen molar-refractivity contribution in [3.63, 3.8) is 0 Å². The van der Waals surface area contributed by atoms with Gasteiger partial charge in [-0.1, -0.05) is 31.0 Å². The van der Waals surface area contributed by atoms with Crippen molar-refractivity contribution in [2.75, 3.05) is 6.61 Å². The highest BCUT2D eigenvalue weighted by Crippen LogP contribution is 2.25. The second kappa shape index (κ2) is 10.1. The Hall–Kier alpha value is -3.94. The molecular weight excluding hydrogens is 444 g/mol. The SMILES string of the molecule is CCC[C@@H](Oc1cccn2c(=O)c(-c3cc(C)n(-c4ccc(C)cc4)n3)c(C)nc12)C(=O)OCC. The van der Waals surface area contributed by atoms with Gasteiger partial charge in [0.25, 0.3) is 5.56 Å². The fraction of sp³-hybridized carbons (Fsp3) is 0.333. The van der Waals surface area contributed by atoms with E-state index in [1.54, 1.807) is 32.2 Å². The molecule has 0 amide bonds. The van der Waals surface area contributed by atoms with Gasteiger partial charge < -0.3 is 9.47 Å². The van der Waals surface area contributed by atoms with Crippen LogP contribution in [0.5, 0.6) is 5.75 Å². The van der Waals surface area contributed by atoms with E-state index in [0.717, 1.165) is 23.4 Å². The van der Waals surface area contributed by atoms with Gasteiger partial charge in [-0.15, -0.1) is 0 Å². The standard InChI is InChI=1S/C27H30N4O4/c1-6-9-23(27(33)34-7-2)35-22-10-8-15-30-25(22)28-19(5)24(26(30)32)21-16-18(4)31(29-21)20-13-11-17(3)12-14-20/h8,10-16,23H,6-7,9H2,1-5H3/t23-/m1/s1. The predicted molar refractivity (Wildman–Crippen MR) is 134 cm³/mol. The van der Waals surface area contributed by atoms with Gasteiger partial charge in [0.05, 0.1) is 23.6 Å². The van der Waals surface area contributed by atoms with Gasteiger partial charge in [-0.25, -0.2) is 14.5 Å². The number of hydrogen-bond acceptors (Lipinski definition) is 6. The summed E-state index contributed by atoms with van der Waals surface area (Å²) in [5.41, 5.74) is 4.58. The van der Waals surface area contributed by atoms with Gasteiger partial charge in [0.15, 0.2) is 17.5 Å². The van der Waals surface area contributed by atoms with E-state index in [1.165, 1.54) is 4.40 Å². The molecule has 3 heterocycles. The molecule has 3 aromatic heterocycles. The van der Waals surface area contributed by atoms with Crippen molar-refractivity contribution in [1.82, 2.24) is 19.2 Å². The van der Waals surface area contributed by atoms with Crippen molar-refractivity contribution in [2.45, 2.75) is 53.6 Å². The molecule has 35 heavy (non-hydrogen) atoms. The zero-order valence-electron chi connectivity index (χ0n) is 20.7. The Balaban J connectivity index is 1.78. The van der Waals surface area contributed by atoms with Crippen molar-refractivity contribution < 1.29 is 14.3 Å². The molecule has 0 bridgehead atoms. The summed E-state index contributed by atoms with van der Waals surface area (Å²) in [6.45, 7) is 9.76. The topological polar surface area (TPSA) is 87.7 Å². The number of hydrogen-bond donors (Lipinski definition) is 0. The number of aryl methyl sites for hydroxylation is 3. The Morgan fingerprint density at radius 3 is 2.51 bits per heavy atom. The number of nitrogens with zero attached hydrogens (tertiary/aromatic N) is 4. The van der Waals surface area contributed by atoms with Gasteiger partial charge in [0, 0.05) is 11.9 Å². The number of esters is 1. The number of ether oxygens (including phenoxy) is 2. The molecule has 4 rings (SSSR count). The van der Waals surface area contributed by atoms with E-state index >= 15 is 0 Å². The van der Waals surface area contributed by atoms with E-state index in [4.69, 9.17) is 19.6 Å². The van der Waals surface area contributed by atoms with Crippen molar-refractivity contribution in [3.05, 3.63) is 76.0 Å². The molecule has 0 spiro atoms. The Labute approximate surface area is 204 Å². The molecule has 0 aliphatic carbocycles. The van der Waals surface area contributed by atoms with Gasteiger partial charge >= 0.3 is 5.97 Å². The van der Waals surface area contributed by atoms with Gasteiger partial charge in [-0.05, 0) is 64.4 Å². The summed E-state index contributed by atoms with van der Waals surface area (Å²) in [5, 5.41) is 4.72. The van der Waals surface area contributed by atoms with Gasteiger partial charge in [-0.2, -0.15) is 5.10 Å². The number of aromatic nitrogens is 4. The smallest absolute Gasteiger partial charge is 0.347 e. The average Bonchev–Trinajstić information content (AvgIpc) is 3.21. The third kappa shape index (κ3) is 4.82. The molecule has 1 atom stereocenters. The molecule has 4 aromatic rings. The summed E-state index contributed by atoms with van der Waals surface area (Å²) in [6, 6.07) is 13.3. The summed E-state index contributed by atoms with van der Waals surface area (Å²) in [7, 11) is 0. The van der Waals surface area contributed by atoms with Crippen LogP contribution in [0.25, 0.3) is 22.6 Å². The summed E-state index contributed by atoms with van der Waals surface area (Å²) >= 11 is 0. The fourth-order valence-electron chi connectivity index (χ4n) is 4.05. The van der Waals surface area contributed by atoms with Crippen LogP contribution < -0.4 is 10.3 Å². The van der Waals surface area contributed by atoms with Crippen LogP contribution in [-0.2, 0) is 9.53 Å². The fourth-order valence-corrected chi connectivity index (χ4v) is 4.05. The largest absolute Gasteiger partial charge is 0.475 e.